The van der Waals surface area contributed by atoms with Gasteiger partial charge in [0.1, 0.15) is 12.3 Å². The zero-order chi connectivity index (χ0) is 17.8. The van der Waals surface area contributed by atoms with Crippen LogP contribution in [0.15, 0.2) is 73.0 Å². The van der Waals surface area contributed by atoms with E-state index in [9.17, 15) is 9.59 Å². The van der Waals surface area contributed by atoms with Gasteiger partial charge in [0.2, 0.25) is 0 Å². The molecule has 0 spiro atoms. The Morgan fingerprint density at radius 1 is 1.08 bits per heavy atom. The molecule has 5 heteroatoms. The van der Waals surface area contributed by atoms with E-state index in [1.165, 1.54) is 12.2 Å². The fraction of sp³-hybridized carbons (Fsp3) is 0.100. The standard InChI is InChI=1S/C20H17NO4/c1-2-7-18(19(22)23)21-20(24)25-12-17-15-10-5-3-8-13(15)14-9-4-6-11-16(14)17/h2-11,17H,1,12H2,(H,21,24)(H,22,23)/b18-7-. The van der Waals surface area contributed by atoms with Crippen molar-refractivity contribution in [2.45, 2.75) is 5.92 Å². The zero-order valence-corrected chi connectivity index (χ0v) is 13.4. The number of rotatable bonds is 5. The zero-order valence-electron chi connectivity index (χ0n) is 13.4. The lowest BCUT2D eigenvalue weighted by Crippen LogP contribution is -2.29. The van der Waals surface area contributed by atoms with E-state index in [4.69, 9.17) is 9.84 Å². The van der Waals surface area contributed by atoms with Gasteiger partial charge < -0.3 is 9.84 Å². The second kappa shape index (κ2) is 7.05. The molecule has 0 fully saturated rings. The summed E-state index contributed by atoms with van der Waals surface area (Å²) in [5.74, 6) is -1.33. The van der Waals surface area contributed by atoms with Gasteiger partial charge in [-0.15, -0.1) is 0 Å². The maximum absolute atomic E-state index is 11.9. The number of amides is 1. The van der Waals surface area contributed by atoms with E-state index < -0.39 is 12.1 Å². The van der Waals surface area contributed by atoms with Crippen LogP contribution in [0.4, 0.5) is 4.79 Å². The molecule has 0 heterocycles. The third-order valence-electron chi connectivity index (χ3n) is 4.10. The molecule has 0 saturated carbocycles. The molecule has 0 saturated heterocycles. The van der Waals surface area contributed by atoms with Gasteiger partial charge in [-0.05, 0) is 28.3 Å². The number of aliphatic carboxylic acids is 1. The molecule has 25 heavy (non-hydrogen) atoms. The van der Waals surface area contributed by atoms with E-state index in [1.807, 2.05) is 48.5 Å². The average molecular weight is 335 g/mol. The molecule has 0 aromatic heterocycles. The summed E-state index contributed by atoms with van der Waals surface area (Å²) >= 11 is 0. The van der Waals surface area contributed by atoms with Gasteiger partial charge in [-0.1, -0.05) is 61.2 Å². The lowest BCUT2D eigenvalue weighted by Gasteiger charge is -2.14. The fourth-order valence-electron chi connectivity index (χ4n) is 3.03. The Morgan fingerprint density at radius 3 is 2.16 bits per heavy atom. The summed E-state index contributed by atoms with van der Waals surface area (Å²) in [6.45, 7) is 3.54. The summed E-state index contributed by atoms with van der Waals surface area (Å²) in [5, 5.41) is 11.2. The maximum Gasteiger partial charge on any atom is 0.411 e. The number of benzene rings is 2. The largest absolute Gasteiger partial charge is 0.477 e. The minimum Gasteiger partial charge on any atom is -0.477 e. The molecule has 126 valence electrons. The molecule has 2 aromatic rings. The third-order valence-corrected chi connectivity index (χ3v) is 4.10. The Balaban J connectivity index is 1.75. The Labute approximate surface area is 145 Å². The van der Waals surface area contributed by atoms with Crippen LogP contribution in [-0.4, -0.2) is 23.8 Å². The van der Waals surface area contributed by atoms with Crippen molar-refractivity contribution < 1.29 is 19.4 Å². The molecule has 0 aliphatic heterocycles. The molecule has 2 N–H and O–H groups in total. The number of carboxylic acid groups (broad SMARTS) is 1. The van der Waals surface area contributed by atoms with E-state index in [0.717, 1.165) is 22.3 Å². The number of hydrogen-bond acceptors (Lipinski definition) is 3. The molecule has 0 radical (unpaired) electrons. The van der Waals surface area contributed by atoms with Crippen molar-refractivity contribution in [3.8, 4) is 11.1 Å². The molecular weight excluding hydrogens is 318 g/mol. The van der Waals surface area contributed by atoms with Gasteiger partial charge in [-0.2, -0.15) is 0 Å². The fourth-order valence-corrected chi connectivity index (χ4v) is 3.03. The van der Waals surface area contributed by atoms with E-state index in [-0.39, 0.29) is 18.2 Å². The summed E-state index contributed by atoms with van der Waals surface area (Å²) in [6, 6.07) is 16.0. The average Bonchev–Trinajstić information content (AvgIpc) is 2.93. The predicted molar refractivity (Wildman–Crippen MR) is 94.1 cm³/mol. The SMILES string of the molecule is C=C/C=C(\NC(=O)OCC1c2ccccc2-c2ccccc21)C(=O)O. The first-order chi connectivity index (χ1) is 12.1. The summed E-state index contributed by atoms with van der Waals surface area (Å²) < 4.78 is 5.28. The van der Waals surface area contributed by atoms with Gasteiger partial charge in [0.25, 0.3) is 0 Å². The van der Waals surface area contributed by atoms with Gasteiger partial charge in [-0.3, -0.25) is 5.32 Å². The van der Waals surface area contributed by atoms with E-state index in [2.05, 4.69) is 11.9 Å². The third kappa shape index (κ3) is 3.30. The van der Waals surface area contributed by atoms with Crippen LogP contribution < -0.4 is 5.32 Å². The minimum atomic E-state index is -1.26. The highest BCUT2D eigenvalue weighted by atomic mass is 16.5. The van der Waals surface area contributed by atoms with Crippen molar-refractivity contribution in [2.24, 2.45) is 0 Å². The van der Waals surface area contributed by atoms with Gasteiger partial charge in [0, 0.05) is 5.92 Å². The second-order valence-electron chi connectivity index (χ2n) is 5.57. The number of ether oxygens (including phenoxy) is 1. The van der Waals surface area contributed by atoms with Crippen LogP contribution in [0.2, 0.25) is 0 Å². The molecular formula is C20H17NO4. The number of alkyl carbamates (subject to hydrolysis) is 1. The van der Waals surface area contributed by atoms with Crippen molar-refractivity contribution in [1.82, 2.24) is 5.32 Å². The van der Waals surface area contributed by atoms with Crippen LogP contribution in [0.3, 0.4) is 0 Å². The number of carboxylic acids is 1. The van der Waals surface area contributed by atoms with Crippen molar-refractivity contribution >= 4 is 12.1 Å². The molecule has 0 unspecified atom stereocenters. The smallest absolute Gasteiger partial charge is 0.411 e. The number of allylic oxidation sites excluding steroid dienone is 2. The summed E-state index contributed by atoms with van der Waals surface area (Å²) in [6.07, 6.45) is 1.68. The Kier molecular flexibility index (Phi) is 4.66. The van der Waals surface area contributed by atoms with Crippen molar-refractivity contribution in [3.63, 3.8) is 0 Å². The van der Waals surface area contributed by atoms with Gasteiger partial charge in [-0.25, -0.2) is 9.59 Å². The first-order valence-corrected chi connectivity index (χ1v) is 7.80. The molecule has 2 aromatic carbocycles. The topological polar surface area (TPSA) is 75.6 Å². The molecule has 1 amide bonds. The second-order valence-corrected chi connectivity index (χ2v) is 5.57. The van der Waals surface area contributed by atoms with Crippen LogP contribution >= 0.6 is 0 Å². The maximum atomic E-state index is 11.9. The summed E-state index contributed by atoms with van der Waals surface area (Å²) in [7, 11) is 0. The van der Waals surface area contributed by atoms with Crippen LogP contribution in [0.5, 0.6) is 0 Å². The highest BCUT2D eigenvalue weighted by Gasteiger charge is 2.29. The summed E-state index contributed by atoms with van der Waals surface area (Å²) in [4.78, 5) is 23.0. The first-order valence-electron chi connectivity index (χ1n) is 7.80. The van der Waals surface area contributed by atoms with E-state index >= 15 is 0 Å². The predicted octanol–water partition coefficient (Wildman–Crippen LogP) is 3.68. The first kappa shape index (κ1) is 16.5. The van der Waals surface area contributed by atoms with Crippen molar-refractivity contribution in [1.29, 1.82) is 0 Å². The Hall–Kier alpha value is -3.34. The van der Waals surface area contributed by atoms with Crippen LogP contribution in [-0.2, 0) is 9.53 Å². The highest BCUT2D eigenvalue weighted by molar-refractivity contribution is 5.91. The van der Waals surface area contributed by atoms with Crippen LogP contribution in [0, 0.1) is 0 Å². The monoisotopic (exact) mass is 335 g/mol. The molecule has 1 aliphatic rings. The van der Waals surface area contributed by atoms with Crippen molar-refractivity contribution in [2.75, 3.05) is 6.61 Å². The molecule has 0 atom stereocenters. The van der Waals surface area contributed by atoms with Gasteiger partial charge >= 0.3 is 12.1 Å². The van der Waals surface area contributed by atoms with Crippen molar-refractivity contribution in [3.05, 3.63) is 84.1 Å². The number of hydrogen-bond donors (Lipinski definition) is 2. The number of carbonyl (C=O) groups is 2. The normalized spacial score (nSPS) is 12.9. The van der Waals surface area contributed by atoms with E-state index in [1.54, 1.807) is 0 Å². The van der Waals surface area contributed by atoms with Crippen LogP contribution in [0.25, 0.3) is 11.1 Å². The Bertz CT molecular complexity index is 824. The number of carbonyl (C=O) groups excluding carboxylic acids is 1. The molecule has 5 nitrogen and oxygen atoms in total. The van der Waals surface area contributed by atoms with Gasteiger partial charge in [0.05, 0.1) is 0 Å². The number of nitrogens with one attached hydrogen (secondary N) is 1. The highest BCUT2D eigenvalue weighted by Crippen LogP contribution is 2.44. The molecule has 3 rings (SSSR count). The molecule has 0 bridgehead atoms. The minimum absolute atomic E-state index is 0.0742. The summed E-state index contributed by atoms with van der Waals surface area (Å²) in [5.41, 5.74) is 4.16. The Morgan fingerprint density at radius 2 is 1.64 bits per heavy atom. The number of fused-ring (bicyclic) bond motifs is 3. The lowest BCUT2D eigenvalue weighted by molar-refractivity contribution is -0.133. The van der Waals surface area contributed by atoms with Gasteiger partial charge in [0.15, 0.2) is 0 Å². The quantitative estimate of drug-likeness (QED) is 0.645. The lowest BCUT2D eigenvalue weighted by atomic mass is 9.98. The van der Waals surface area contributed by atoms with Crippen LogP contribution in [0.1, 0.15) is 17.0 Å². The van der Waals surface area contributed by atoms with E-state index in [0.29, 0.717) is 0 Å². The molecule has 1 aliphatic carbocycles.